The van der Waals surface area contributed by atoms with Crippen LogP contribution in [-0.2, 0) is 19.1 Å². The molecule has 8 atom stereocenters. The summed E-state index contributed by atoms with van der Waals surface area (Å²) >= 11 is 0. The van der Waals surface area contributed by atoms with E-state index in [1.165, 1.54) is 4.90 Å². The molecule has 2 bridgehead atoms. The van der Waals surface area contributed by atoms with Crippen LogP contribution in [0.1, 0.15) is 67.7 Å². The molecule has 0 aliphatic carbocycles. The number of aliphatic hydroxyl groups excluding tert-OH is 1. The highest BCUT2D eigenvalue weighted by Crippen LogP contribution is 2.65. The summed E-state index contributed by atoms with van der Waals surface area (Å²) in [5.41, 5.74) is -1.47. The Hall–Kier alpha value is -2.65. The fourth-order valence-corrected chi connectivity index (χ4v) is 7.20. The van der Waals surface area contributed by atoms with Gasteiger partial charge in [0.2, 0.25) is 17.7 Å². The van der Waals surface area contributed by atoms with Crippen molar-refractivity contribution in [3.63, 3.8) is 0 Å². The van der Waals surface area contributed by atoms with Gasteiger partial charge < -0.3 is 30.1 Å². The average Bonchev–Trinajstić information content (AvgIpc) is 3.38. The second-order valence-electron chi connectivity index (χ2n) is 12.1. The molecule has 216 valence electrons. The van der Waals surface area contributed by atoms with E-state index < -0.39 is 35.1 Å². The molecule has 3 saturated heterocycles. The molecule has 3 heterocycles. The van der Waals surface area contributed by atoms with Crippen molar-refractivity contribution in [2.24, 2.45) is 23.7 Å². The molecule has 0 aromatic heterocycles. The number of nitrogens with zero attached hydrogens (tertiary/aromatic N) is 1. The lowest BCUT2D eigenvalue weighted by atomic mass is 9.62. The second-order valence-corrected chi connectivity index (χ2v) is 12.1. The zero-order chi connectivity index (χ0) is 28.7. The summed E-state index contributed by atoms with van der Waals surface area (Å²) in [6, 6.07) is 5.54. The van der Waals surface area contributed by atoms with E-state index >= 15 is 0 Å². The standard InChI is InChI=1S/C30H45N3O6/c1-8-10-19(6)31-27(36)25-30-15-18(5)29(7,39-30)23(24(30)28(37)33(25)22(16-34)17(3)4)26(35)32-20-11-13-21(14-12-20)38-9-2/h11-14,17-19,22-25,34H,8-10,15-16H2,1-7H3,(H,31,36)(H,32,35)/t18?,19?,22-,23+,24-,25?,29-,30?/m0/s1. The summed E-state index contributed by atoms with van der Waals surface area (Å²) in [6.07, 6.45) is 2.20. The zero-order valence-corrected chi connectivity index (χ0v) is 24.3. The maximum absolute atomic E-state index is 14.3. The number of rotatable bonds is 11. The quantitative estimate of drug-likeness (QED) is 0.394. The van der Waals surface area contributed by atoms with Crippen LogP contribution in [0.25, 0.3) is 0 Å². The molecule has 1 aromatic carbocycles. The highest BCUT2D eigenvalue weighted by Gasteiger charge is 2.80. The minimum atomic E-state index is -1.15. The normalized spacial score (nSPS) is 32.7. The van der Waals surface area contributed by atoms with E-state index in [0.717, 1.165) is 12.8 Å². The highest BCUT2D eigenvalue weighted by molar-refractivity contribution is 6.02. The Morgan fingerprint density at radius 2 is 1.85 bits per heavy atom. The molecule has 1 aromatic rings. The van der Waals surface area contributed by atoms with E-state index in [0.29, 0.717) is 24.5 Å². The summed E-state index contributed by atoms with van der Waals surface area (Å²) < 4.78 is 12.3. The minimum Gasteiger partial charge on any atom is -0.494 e. The van der Waals surface area contributed by atoms with Gasteiger partial charge in [0.1, 0.15) is 17.4 Å². The van der Waals surface area contributed by atoms with Gasteiger partial charge in [-0.25, -0.2) is 0 Å². The van der Waals surface area contributed by atoms with Crippen LogP contribution < -0.4 is 15.4 Å². The predicted molar refractivity (Wildman–Crippen MR) is 148 cm³/mol. The number of anilines is 1. The molecule has 3 fully saturated rings. The van der Waals surface area contributed by atoms with Gasteiger partial charge in [0.25, 0.3) is 0 Å². The predicted octanol–water partition coefficient (Wildman–Crippen LogP) is 3.36. The fourth-order valence-electron chi connectivity index (χ4n) is 7.20. The molecule has 0 radical (unpaired) electrons. The van der Waals surface area contributed by atoms with Crippen LogP contribution >= 0.6 is 0 Å². The fraction of sp³-hybridized carbons (Fsp3) is 0.700. The van der Waals surface area contributed by atoms with E-state index in [4.69, 9.17) is 9.47 Å². The van der Waals surface area contributed by atoms with Crippen molar-refractivity contribution in [2.45, 2.75) is 97.1 Å². The van der Waals surface area contributed by atoms with Crippen LogP contribution in [0.15, 0.2) is 24.3 Å². The molecule has 4 unspecified atom stereocenters. The van der Waals surface area contributed by atoms with Crippen LogP contribution in [-0.4, -0.2) is 70.3 Å². The lowest BCUT2D eigenvalue weighted by molar-refractivity contribution is -0.151. The Labute approximate surface area is 232 Å². The molecular formula is C30H45N3O6. The SMILES string of the molecule is CCCC(C)NC(=O)C1N([C@@H](CO)C(C)C)C(=O)[C@@H]2[C@H](C(=O)Nc3ccc(OCC)cc3)[C@@]3(C)OC12CC3C. The molecule has 9 nitrogen and oxygen atoms in total. The Morgan fingerprint density at radius 1 is 1.18 bits per heavy atom. The first kappa shape index (κ1) is 29.3. The van der Waals surface area contributed by atoms with E-state index in [1.54, 1.807) is 24.3 Å². The smallest absolute Gasteiger partial charge is 0.246 e. The first-order chi connectivity index (χ1) is 18.4. The van der Waals surface area contributed by atoms with Gasteiger partial charge in [-0.3, -0.25) is 14.4 Å². The molecule has 39 heavy (non-hydrogen) atoms. The van der Waals surface area contributed by atoms with E-state index in [9.17, 15) is 19.5 Å². The molecule has 3 aliphatic rings. The summed E-state index contributed by atoms with van der Waals surface area (Å²) in [5, 5.41) is 16.4. The highest BCUT2D eigenvalue weighted by atomic mass is 16.5. The lowest BCUT2D eigenvalue weighted by Crippen LogP contribution is -2.60. The van der Waals surface area contributed by atoms with Gasteiger partial charge in [0.05, 0.1) is 36.7 Å². The Kier molecular flexibility index (Phi) is 8.34. The Morgan fingerprint density at radius 3 is 2.41 bits per heavy atom. The first-order valence-corrected chi connectivity index (χ1v) is 14.4. The van der Waals surface area contributed by atoms with Crippen molar-refractivity contribution < 1.29 is 29.0 Å². The van der Waals surface area contributed by atoms with Crippen molar-refractivity contribution >= 4 is 23.4 Å². The third-order valence-electron chi connectivity index (χ3n) is 9.14. The molecule has 1 spiro atoms. The summed E-state index contributed by atoms with van der Waals surface area (Å²) in [4.78, 5) is 43.7. The number of aliphatic hydroxyl groups is 1. The van der Waals surface area contributed by atoms with E-state index in [-0.39, 0.29) is 42.2 Å². The number of fused-ring (bicyclic) bond motifs is 1. The van der Waals surface area contributed by atoms with Crippen LogP contribution in [0.5, 0.6) is 5.75 Å². The van der Waals surface area contributed by atoms with Gasteiger partial charge >= 0.3 is 0 Å². The number of hydrogen-bond donors (Lipinski definition) is 3. The number of amides is 3. The maximum Gasteiger partial charge on any atom is 0.246 e. The average molecular weight is 544 g/mol. The van der Waals surface area contributed by atoms with E-state index in [2.05, 4.69) is 17.6 Å². The number of nitrogens with one attached hydrogen (secondary N) is 2. The van der Waals surface area contributed by atoms with Crippen molar-refractivity contribution in [3.8, 4) is 5.75 Å². The Bertz CT molecular complexity index is 1080. The zero-order valence-electron chi connectivity index (χ0n) is 24.3. The second kappa shape index (κ2) is 11.1. The number of benzene rings is 1. The van der Waals surface area contributed by atoms with Crippen LogP contribution in [0.2, 0.25) is 0 Å². The van der Waals surface area contributed by atoms with Crippen molar-refractivity contribution in [1.29, 1.82) is 0 Å². The first-order valence-electron chi connectivity index (χ1n) is 14.4. The number of carbonyl (C=O) groups excluding carboxylic acids is 3. The van der Waals surface area contributed by atoms with Gasteiger partial charge in [-0.15, -0.1) is 0 Å². The number of likely N-dealkylation sites (tertiary alicyclic amines) is 1. The van der Waals surface area contributed by atoms with Crippen molar-refractivity contribution in [1.82, 2.24) is 10.2 Å². The maximum atomic E-state index is 14.3. The largest absolute Gasteiger partial charge is 0.494 e. The number of ether oxygens (including phenoxy) is 2. The van der Waals surface area contributed by atoms with Crippen molar-refractivity contribution in [3.05, 3.63) is 24.3 Å². The van der Waals surface area contributed by atoms with E-state index in [1.807, 2.05) is 41.5 Å². The van der Waals surface area contributed by atoms with Gasteiger partial charge in [-0.05, 0) is 69.7 Å². The molecule has 4 rings (SSSR count). The topological polar surface area (TPSA) is 117 Å². The molecule has 3 amide bonds. The van der Waals surface area contributed by atoms with Crippen LogP contribution in [0, 0.1) is 23.7 Å². The monoisotopic (exact) mass is 543 g/mol. The van der Waals surface area contributed by atoms with Crippen molar-refractivity contribution in [2.75, 3.05) is 18.5 Å². The van der Waals surface area contributed by atoms with Gasteiger partial charge in [-0.1, -0.05) is 34.1 Å². The summed E-state index contributed by atoms with van der Waals surface area (Å²) in [7, 11) is 0. The molecule has 9 heteroatoms. The van der Waals surface area contributed by atoms with Gasteiger partial charge in [0, 0.05) is 11.7 Å². The summed E-state index contributed by atoms with van der Waals surface area (Å²) in [6.45, 7) is 13.9. The minimum absolute atomic E-state index is 0.0624. The number of carbonyl (C=O) groups is 3. The van der Waals surface area contributed by atoms with Crippen LogP contribution in [0.4, 0.5) is 5.69 Å². The number of hydrogen-bond acceptors (Lipinski definition) is 6. The molecule has 0 saturated carbocycles. The van der Waals surface area contributed by atoms with Gasteiger partial charge in [0.15, 0.2) is 0 Å². The van der Waals surface area contributed by atoms with Crippen LogP contribution in [0.3, 0.4) is 0 Å². The Balaban J connectivity index is 1.73. The molecular weight excluding hydrogens is 498 g/mol. The summed E-state index contributed by atoms with van der Waals surface area (Å²) in [5.74, 6) is -1.96. The van der Waals surface area contributed by atoms with Gasteiger partial charge in [-0.2, -0.15) is 0 Å². The molecule has 3 N–H and O–H groups in total. The molecule has 3 aliphatic heterocycles. The third kappa shape index (κ3) is 4.82. The third-order valence-corrected chi connectivity index (χ3v) is 9.14. The lowest BCUT2D eigenvalue weighted by Gasteiger charge is -2.39.